The quantitative estimate of drug-likeness (QED) is 0.356. The molecular weight excluding hydrogens is 434 g/mol. The molecule has 2 amide bonds. The maximum Gasteiger partial charge on any atom is 0.270 e. The molecule has 0 bridgehead atoms. The third kappa shape index (κ3) is 4.55. The summed E-state index contributed by atoms with van der Waals surface area (Å²) in [7, 11) is 0. The Kier molecular flexibility index (Phi) is 6.04. The van der Waals surface area contributed by atoms with E-state index in [0.717, 1.165) is 4.90 Å². The zero-order valence-corrected chi connectivity index (χ0v) is 17.4. The molecule has 4 rings (SSSR count). The summed E-state index contributed by atoms with van der Waals surface area (Å²) in [6.07, 6.45) is 1.40. The molecule has 0 aliphatic carbocycles. The van der Waals surface area contributed by atoms with Crippen molar-refractivity contribution < 1.29 is 23.1 Å². The number of anilines is 1. The molecular formula is C24H16F2N2O3S. The molecule has 160 valence electrons. The second-order valence-corrected chi connectivity index (χ2v) is 7.28. The number of benzene rings is 3. The minimum Gasteiger partial charge on any atom is -0.488 e. The first kappa shape index (κ1) is 21.3. The van der Waals surface area contributed by atoms with Crippen LogP contribution in [0, 0.1) is 11.6 Å². The predicted octanol–water partition coefficient (Wildman–Crippen LogP) is 4.38. The van der Waals surface area contributed by atoms with Gasteiger partial charge in [-0.15, -0.1) is 0 Å². The van der Waals surface area contributed by atoms with E-state index in [-0.39, 0.29) is 23.1 Å². The van der Waals surface area contributed by atoms with E-state index in [1.165, 1.54) is 42.5 Å². The van der Waals surface area contributed by atoms with E-state index in [4.69, 9.17) is 17.0 Å². The molecule has 1 aliphatic rings. The minimum absolute atomic E-state index is 0.0978. The second kappa shape index (κ2) is 9.07. The van der Waals surface area contributed by atoms with Crippen molar-refractivity contribution in [3.8, 4) is 5.75 Å². The SMILES string of the molecule is O=C1NC(=S)N(c2ccc(F)cc2)C(=O)C1=Cc1ccccc1OCc1cccc(F)c1. The van der Waals surface area contributed by atoms with E-state index < -0.39 is 17.6 Å². The molecule has 32 heavy (non-hydrogen) atoms. The molecule has 0 saturated carbocycles. The average molecular weight is 450 g/mol. The Balaban J connectivity index is 1.63. The number of carbonyl (C=O) groups is 2. The molecule has 1 heterocycles. The molecule has 1 fully saturated rings. The number of carbonyl (C=O) groups excluding carboxylic acids is 2. The molecule has 8 heteroatoms. The smallest absolute Gasteiger partial charge is 0.270 e. The highest BCUT2D eigenvalue weighted by atomic mass is 32.1. The lowest BCUT2D eigenvalue weighted by atomic mass is 10.1. The van der Waals surface area contributed by atoms with E-state index in [1.807, 2.05) is 0 Å². The number of amides is 2. The van der Waals surface area contributed by atoms with Gasteiger partial charge in [0.2, 0.25) is 0 Å². The highest BCUT2D eigenvalue weighted by Crippen LogP contribution is 2.26. The summed E-state index contributed by atoms with van der Waals surface area (Å²) in [5.74, 6) is -1.73. The second-order valence-electron chi connectivity index (χ2n) is 6.89. The largest absolute Gasteiger partial charge is 0.488 e. The molecule has 3 aromatic rings. The maximum absolute atomic E-state index is 13.4. The molecule has 0 aromatic heterocycles. The van der Waals surface area contributed by atoms with Gasteiger partial charge in [-0.1, -0.05) is 30.3 Å². The summed E-state index contributed by atoms with van der Waals surface area (Å²) in [6.45, 7) is 0.101. The van der Waals surface area contributed by atoms with Crippen LogP contribution in [0.25, 0.3) is 6.08 Å². The molecule has 1 aliphatic heterocycles. The average Bonchev–Trinajstić information content (AvgIpc) is 2.77. The van der Waals surface area contributed by atoms with Crippen molar-refractivity contribution in [3.05, 3.63) is 101 Å². The zero-order chi connectivity index (χ0) is 22.7. The van der Waals surface area contributed by atoms with Gasteiger partial charge in [0, 0.05) is 5.56 Å². The first-order valence-corrected chi connectivity index (χ1v) is 9.96. The summed E-state index contributed by atoms with van der Waals surface area (Å²) >= 11 is 5.14. The summed E-state index contributed by atoms with van der Waals surface area (Å²) in [5, 5.41) is 2.38. The van der Waals surface area contributed by atoms with Crippen LogP contribution < -0.4 is 15.0 Å². The Morgan fingerprint density at radius 1 is 0.938 bits per heavy atom. The van der Waals surface area contributed by atoms with Crippen LogP contribution in [0.2, 0.25) is 0 Å². The van der Waals surface area contributed by atoms with Gasteiger partial charge in [0.05, 0.1) is 5.69 Å². The van der Waals surface area contributed by atoms with Crippen LogP contribution in [0.5, 0.6) is 5.75 Å². The highest BCUT2D eigenvalue weighted by Gasteiger charge is 2.34. The summed E-state index contributed by atoms with van der Waals surface area (Å²) in [4.78, 5) is 26.7. The van der Waals surface area contributed by atoms with Crippen LogP contribution in [0.4, 0.5) is 14.5 Å². The van der Waals surface area contributed by atoms with E-state index >= 15 is 0 Å². The van der Waals surface area contributed by atoms with Crippen molar-refractivity contribution in [2.75, 3.05) is 4.90 Å². The van der Waals surface area contributed by atoms with Gasteiger partial charge in [-0.05, 0) is 66.3 Å². The van der Waals surface area contributed by atoms with E-state index in [2.05, 4.69) is 5.32 Å². The summed E-state index contributed by atoms with van der Waals surface area (Å²) < 4.78 is 32.5. The molecule has 5 nitrogen and oxygen atoms in total. The molecule has 1 N–H and O–H groups in total. The van der Waals surface area contributed by atoms with Gasteiger partial charge in [0.25, 0.3) is 11.8 Å². The molecule has 0 atom stereocenters. The lowest BCUT2D eigenvalue weighted by molar-refractivity contribution is -0.122. The summed E-state index contributed by atoms with van der Waals surface area (Å²) in [5.41, 5.74) is 1.27. The van der Waals surface area contributed by atoms with Crippen molar-refractivity contribution >= 4 is 40.9 Å². The lowest BCUT2D eigenvalue weighted by Crippen LogP contribution is -2.54. The molecule has 0 unspecified atom stereocenters. The van der Waals surface area contributed by atoms with E-state index in [0.29, 0.717) is 22.6 Å². The van der Waals surface area contributed by atoms with E-state index in [1.54, 1.807) is 36.4 Å². The topological polar surface area (TPSA) is 58.6 Å². The van der Waals surface area contributed by atoms with E-state index in [9.17, 15) is 18.4 Å². The third-order valence-corrected chi connectivity index (χ3v) is 4.97. The molecule has 0 spiro atoms. The number of hydrogen-bond donors (Lipinski definition) is 1. The first-order chi connectivity index (χ1) is 15.4. The Bertz CT molecular complexity index is 1240. The number of para-hydroxylation sites is 1. The van der Waals surface area contributed by atoms with Gasteiger partial charge in [0.1, 0.15) is 29.6 Å². The Morgan fingerprint density at radius 3 is 2.44 bits per heavy atom. The van der Waals surface area contributed by atoms with Crippen molar-refractivity contribution in [2.24, 2.45) is 0 Å². The number of nitrogens with zero attached hydrogens (tertiary/aromatic N) is 1. The van der Waals surface area contributed by atoms with Gasteiger partial charge in [-0.3, -0.25) is 19.8 Å². The van der Waals surface area contributed by atoms with Crippen molar-refractivity contribution in [3.63, 3.8) is 0 Å². The van der Waals surface area contributed by atoms with Crippen LogP contribution in [0.15, 0.2) is 78.4 Å². The van der Waals surface area contributed by atoms with Crippen LogP contribution in [-0.4, -0.2) is 16.9 Å². The van der Waals surface area contributed by atoms with Crippen molar-refractivity contribution in [2.45, 2.75) is 6.61 Å². The normalized spacial score (nSPS) is 15.1. The summed E-state index contributed by atoms with van der Waals surface area (Å²) in [6, 6.07) is 18.0. The monoisotopic (exact) mass is 450 g/mol. The van der Waals surface area contributed by atoms with Crippen LogP contribution >= 0.6 is 12.2 Å². The Morgan fingerprint density at radius 2 is 1.69 bits per heavy atom. The Hall–Kier alpha value is -3.91. The fourth-order valence-corrected chi connectivity index (χ4v) is 3.44. The van der Waals surface area contributed by atoms with Gasteiger partial charge < -0.3 is 4.74 Å². The zero-order valence-electron chi connectivity index (χ0n) is 16.5. The third-order valence-electron chi connectivity index (χ3n) is 4.69. The van der Waals surface area contributed by atoms with Gasteiger partial charge in [-0.25, -0.2) is 8.78 Å². The fraction of sp³-hybridized carbons (Fsp3) is 0.0417. The molecule has 1 saturated heterocycles. The molecule has 0 radical (unpaired) electrons. The number of ether oxygens (including phenoxy) is 1. The first-order valence-electron chi connectivity index (χ1n) is 9.55. The number of nitrogens with one attached hydrogen (secondary N) is 1. The standard InChI is InChI=1S/C24H16F2N2O3S/c25-17-8-10-19(11-9-17)28-23(30)20(22(29)27-24(28)32)13-16-5-1-2-7-21(16)31-14-15-4-3-6-18(26)12-15/h1-13H,14H2,(H,27,29,32). The maximum atomic E-state index is 13.4. The van der Waals surface area contributed by atoms with Gasteiger partial charge in [0.15, 0.2) is 5.11 Å². The van der Waals surface area contributed by atoms with Crippen molar-refractivity contribution in [1.29, 1.82) is 0 Å². The van der Waals surface area contributed by atoms with Crippen LogP contribution in [-0.2, 0) is 16.2 Å². The highest BCUT2D eigenvalue weighted by molar-refractivity contribution is 7.80. The number of rotatable bonds is 5. The van der Waals surface area contributed by atoms with Gasteiger partial charge >= 0.3 is 0 Å². The predicted molar refractivity (Wildman–Crippen MR) is 120 cm³/mol. The molecule has 3 aromatic carbocycles. The van der Waals surface area contributed by atoms with Gasteiger partial charge in [-0.2, -0.15) is 0 Å². The lowest BCUT2D eigenvalue weighted by Gasteiger charge is -2.29. The number of halogens is 2. The van der Waals surface area contributed by atoms with Crippen LogP contribution in [0.1, 0.15) is 11.1 Å². The Labute approximate surface area is 187 Å². The number of hydrogen-bond acceptors (Lipinski definition) is 4. The number of thiocarbonyl (C=S) groups is 1. The fourth-order valence-electron chi connectivity index (χ4n) is 3.16. The van der Waals surface area contributed by atoms with Crippen LogP contribution in [0.3, 0.4) is 0 Å². The van der Waals surface area contributed by atoms with Crippen molar-refractivity contribution in [1.82, 2.24) is 5.32 Å². The minimum atomic E-state index is -0.654.